The summed E-state index contributed by atoms with van der Waals surface area (Å²) in [4.78, 5) is 37.3. The van der Waals surface area contributed by atoms with Crippen LogP contribution in [0.1, 0.15) is 53.0 Å². The third kappa shape index (κ3) is 9.40. The van der Waals surface area contributed by atoms with E-state index in [-0.39, 0.29) is 35.4 Å². The molecule has 0 aliphatic heterocycles. The molecule has 0 heterocycles. The fraction of sp³-hybridized carbons (Fsp3) is 0.591. The highest BCUT2D eigenvalue weighted by molar-refractivity contribution is 8.00. The highest BCUT2D eigenvalue weighted by Crippen LogP contribution is 2.27. The average Bonchev–Trinajstić information content (AvgIpc) is 2.64. The minimum absolute atomic E-state index is 0.0202. The SMILES string of the molecule is CCOC(=O)[C@H](CSC(C)(C)C)CC(=O)[C@H](Cc1ccccc1)NC(=O)CC. The van der Waals surface area contributed by atoms with Crippen molar-refractivity contribution in [2.24, 2.45) is 5.92 Å². The van der Waals surface area contributed by atoms with E-state index in [1.54, 1.807) is 25.6 Å². The maximum atomic E-state index is 13.0. The fourth-order valence-corrected chi connectivity index (χ4v) is 3.55. The van der Waals surface area contributed by atoms with Crippen molar-refractivity contribution in [3.63, 3.8) is 0 Å². The van der Waals surface area contributed by atoms with Crippen molar-refractivity contribution >= 4 is 29.4 Å². The molecule has 0 saturated carbocycles. The molecule has 1 amide bonds. The summed E-state index contributed by atoms with van der Waals surface area (Å²) in [5.74, 6) is -0.681. The van der Waals surface area contributed by atoms with Gasteiger partial charge in [0.15, 0.2) is 5.78 Å². The maximum absolute atomic E-state index is 13.0. The molecule has 1 aromatic rings. The van der Waals surface area contributed by atoms with Gasteiger partial charge in [0.1, 0.15) is 0 Å². The number of esters is 1. The summed E-state index contributed by atoms with van der Waals surface area (Å²) < 4.78 is 5.16. The largest absolute Gasteiger partial charge is 0.466 e. The van der Waals surface area contributed by atoms with Crippen LogP contribution in [0.4, 0.5) is 0 Å². The van der Waals surface area contributed by atoms with E-state index < -0.39 is 12.0 Å². The molecule has 2 atom stereocenters. The first kappa shape index (κ1) is 24.2. The number of nitrogens with one attached hydrogen (secondary N) is 1. The molecule has 0 aliphatic rings. The third-order valence-corrected chi connectivity index (χ3v) is 5.55. The van der Waals surface area contributed by atoms with Crippen molar-refractivity contribution in [3.8, 4) is 0 Å². The number of hydrogen-bond donors (Lipinski definition) is 1. The normalized spacial score (nSPS) is 13.5. The van der Waals surface area contributed by atoms with E-state index in [0.717, 1.165) is 5.56 Å². The van der Waals surface area contributed by atoms with E-state index >= 15 is 0 Å². The Hall–Kier alpha value is -1.82. The second-order valence-electron chi connectivity index (χ2n) is 7.71. The maximum Gasteiger partial charge on any atom is 0.310 e. The Balaban J connectivity index is 2.91. The lowest BCUT2D eigenvalue weighted by Gasteiger charge is -2.23. The number of ether oxygens (including phenoxy) is 1. The third-order valence-electron chi connectivity index (χ3n) is 4.11. The van der Waals surface area contributed by atoms with Gasteiger partial charge in [-0.3, -0.25) is 14.4 Å². The monoisotopic (exact) mass is 407 g/mol. The Kier molecular flexibility index (Phi) is 10.3. The molecule has 156 valence electrons. The minimum Gasteiger partial charge on any atom is -0.466 e. The van der Waals surface area contributed by atoms with Gasteiger partial charge in [-0.25, -0.2) is 0 Å². The number of rotatable bonds is 11. The van der Waals surface area contributed by atoms with Crippen LogP contribution in [-0.4, -0.2) is 40.8 Å². The zero-order valence-electron chi connectivity index (χ0n) is 17.6. The summed E-state index contributed by atoms with van der Waals surface area (Å²) in [7, 11) is 0. The van der Waals surface area contributed by atoms with Crippen molar-refractivity contribution in [3.05, 3.63) is 35.9 Å². The molecule has 0 bridgehead atoms. The summed E-state index contributed by atoms with van der Waals surface area (Å²) in [6, 6.07) is 8.92. The molecule has 0 spiro atoms. The second kappa shape index (κ2) is 11.9. The van der Waals surface area contributed by atoms with Crippen molar-refractivity contribution in [1.82, 2.24) is 5.32 Å². The van der Waals surface area contributed by atoms with E-state index in [1.165, 1.54) is 0 Å². The van der Waals surface area contributed by atoms with Crippen LogP contribution in [0.15, 0.2) is 30.3 Å². The van der Waals surface area contributed by atoms with Gasteiger partial charge in [0, 0.05) is 23.3 Å². The number of hydrogen-bond acceptors (Lipinski definition) is 5. The topological polar surface area (TPSA) is 72.5 Å². The van der Waals surface area contributed by atoms with Gasteiger partial charge < -0.3 is 10.1 Å². The van der Waals surface area contributed by atoms with Crippen LogP contribution in [-0.2, 0) is 25.5 Å². The zero-order chi connectivity index (χ0) is 21.2. The molecule has 0 aromatic heterocycles. The van der Waals surface area contributed by atoms with E-state index in [4.69, 9.17) is 4.74 Å². The summed E-state index contributed by atoms with van der Waals surface area (Å²) in [6.07, 6.45) is 0.774. The molecular weight excluding hydrogens is 374 g/mol. The van der Waals surface area contributed by atoms with Crippen molar-refractivity contribution in [1.29, 1.82) is 0 Å². The van der Waals surface area contributed by atoms with Gasteiger partial charge in [-0.2, -0.15) is 11.8 Å². The number of carbonyl (C=O) groups is 3. The molecule has 0 radical (unpaired) electrons. The van der Waals surface area contributed by atoms with Crippen LogP contribution >= 0.6 is 11.8 Å². The van der Waals surface area contributed by atoms with Crippen molar-refractivity contribution in [2.45, 2.75) is 64.7 Å². The van der Waals surface area contributed by atoms with E-state index in [1.807, 2.05) is 30.3 Å². The smallest absolute Gasteiger partial charge is 0.310 e. The molecule has 1 rings (SSSR count). The predicted molar refractivity (Wildman–Crippen MR) is 114 cm³/mol. The summed E-state index contributed by atoms with van der Waals surface area (Å²) in [6.45, 7) is 10.0. The van der Waals surface area contributed by atoms with Gasteiger partial charge >= 0.3 is 5.97 Å². The van der Waals surface area contributed by atoms with Gasteiger partial charge in [0.05, 0.1) is 18.6 Å². The predicted octanol–water partition coefficient (Wildman–Crippen LogP) is 3.79. The Morgan fingerprint density at radius 3 is 2.29 bits per heavy atom. The molecule has 5 nitrogen and oxygen atoms in total. The lowest BCUT2D eigenvalue weighted by Crippen LogP contribution is -2.43. The van der Waals surface area contributed by atoms with Crippen LogP contribution < -0.4 is 5.32 Å². The molecule has 0 aliphatic carbocycles. The molecule has 1 aromatic carbocycles. The first-order valence-corrected chi connectivity index (χ1v) is 10.8. The van der Waals surface area contributed by atoms with Crippen LogP contribution in [0, 0.1) is 5.92 Å². The fourth-order valence-electron chi connectivity index (χ4n) is 2.60. The number of thioether (sulfide) groups is 1. The number of amides is 1. The van der Waals surface area contributed by atoms with Gasteiger partial charge in [0.2, 0.25) is 5.91 Å². The van der Waals surface area contributed by atoms with Crippen LogP contribution in [0.2, 0.25) is 0 Å². The van der Waals surface area contributed by atoms with Crippen molar-refractivity contribution < 1.29 is 19.1 Å². The van der Waals surface area contributed by atoms with E-state index in [2.05, 4.69) is 26.1 Å². The van der Waals surface area contributed by atoms with E-state index in [0.29, 0.717) is 18.6 Å². The van der Waals surface area contributed by atoms with Gasteiger partial charge in [-0.05, 0) is 18.9 Å². The zero-order valence-corrected chi connectivity index (χ0v) is 18.4. The lowest BCUT2D eigenvalue weighted by molar-refractivity contribution is -0.148. The average molecular weight is 408 g/mol. The molecular formula is C22H33NO4S. The summed E-state index contributed by atoms with van der Waals surface area (Å²) >= 11 is 1.63. The van der Waals surface area contributed by atoms with Gasteiger partial charge in [-0.15, -0.1) is 0 Å². The lowest BCUT2D eigenvalue weighted by atomic mass is 9.95. The first-order chi connectivity index (χ1) is 13.2. The van der Waals surface area contributed by atoms with E-state index in [9.17, 15) is 14.4 Å². The second-order valence-corrected chi connectivity index (χ2v) is 9.55. The Morgan fingerprint density at radius 1 is 1.11 bits per heavy atom. The highest BCUT2D eigenvalue weighted by Gasteiger charge is 2.29. The van der Waals surface area contributed by atoms with Crippen molar-refractivity contribution in [2.75, 3.05) is 12.4 Å². The number of carbonyl (C=O) groups excluding carboxylic acids is 3. The van der Waals surface area contributed by atoms with Crippen LogP contribution in [0.25, 0.3) is 0 Å². The molecule has 0 fully saturated rings. The van der Waals surface area contributed by atoms with Gasteiger partial charge in [0.25, 0.3) is 0 Å². The number of Topliss-reactive ketones (excluding diaryl/α,β-unsaturated/α-hetero) is 1. The Morgan fingerprint density at radius 2 is 1.75 bits per heavy atom. The molecule has 0 saturated heterocycles. The number of benzene rings is 1. The molecule has 0 unspecified atom stereocenters. The van der Waals surface area contributed by atoms with Crippen LogP contribution in [0.5, 0.6) is 0 Å². The summed E-state index contributed by atoms with van der Waals surface area (Å²) in [5, 5.41) is 2.82. The Bertz CT molecular complexity index is 640. The standard InChI is InChI=1S/C22H33NO4S/c1-6-20(25)23-18(13-16-11-9-8-10-12-16)19(24)14-17(21(26)27-7-2)15-28-22(3,4)5/h8-12,17-18H,6-7,13-15H2,1-5H3,(H,23,25)/t17-,18-/m0/s1. The molecule has 6 heteroatoms. The molecule has 1 N–H and O–H groups in total. The summed E-state index contributed by atoms with van der Waals surface area (Å²) in [5.41, 5.74) is 0.967. The van der Waals surface area contributed by atoms with Gasteiger partial charge in [-0.1, -0.05) is 58.0 Å². The molecule has 28 heavy (non-hydrogen) atoms. The minimum atomic E-state index is -0.647. The quantitative estimate of drug-likeness (QED) is 0.565. The Labute approximate surface area is 173 Å². The van der Waals surface area contributed by atoms with Crippen LogP contribution in [0.3, 0.4) is 0 Å². The first-order valence-electron chi connectivity index (χ1n) is 9.82. The number of ketones is 1. The highest BCUT2D eigenvalue weighted by atomic mass is 32.2.